The van der Waals surface area contributed by atoms with Crippen molar-refractivity contribution in [3.63, 3.8) is 0 Å². The van der Waals surface area contributed by atoms with Crippen molar-refractivity contribution < 1.29 is 19.7 Å². The minimum Gasteiger partial charge on any atom is -0.503 e. The second kappa shape index (κ2) is 8.57. The van der Waals surface area contributed by atoms with E-state index in [2.05, 4.69) is 5.32 Å². The van der Waals surface area contributed by atoms with Gasteiger partial charge in [0.15, 0.2) is 11.5 Å². The monoisotopic (exact) mass is 349 g/mol. The van der Waals surface area contributed by atoms with Gasteiger partial charge in [-0.15, -0.1) is 0 Å². The van der Waals surface area contributed by atoms with Crippen molar-refractivity contribution in [1.29, 1.82) is 0 Å². The summed E-state index contributed by atoms with van der Waals surface area (Å²) in [6.45, 7) is 2.50. The molecular formula is C18H20ClNO4. The summed E-state index contributed by atoms with van der Waals surface area (Å²) in [7, 11) is 0. The molecule has 1 atom stereocenters. The average molecular weight is 350 g/mol. The van der Waals surface area contributed by atoms with Gasteiger partial charge in [-0.25, -0.2) is 0 Å². The molecule has 0 heterocycles. The lowest BCUT2D eigenvalue weighted by Crippen LogP contribution is -2.38. The Hall–Kier alpha value is -2.24. The summed E-state index contributed by atoms with van der Waals surface area (Å²) in [4.78, 5) is 11.5. The van der Waals surface area contributed by atoms with Gasteiger partial charge in [-0.3, -0.25) is 4.79 Å². The molecule has 5 nitrogen and oxygen atoms in total. The fourth-order valence-electron chi connectivity index (χ4n) is 2.33. The van der Waals surface area contributed by atoms with Crippen molar-refractivity contribution >= 4 is 17.6 Å². The van der Waals surface area contributed by atoms with Gasteiger partial charge in [0.2, 0.25) is 0 Å². The molecule has 0 unspecified atom stereocenters. The number of carboxylic acids is 1. The molecular weight excluding hydrogens is 330 g/mol. The van der Waals surface area contributed by atoms with Crippen LogP contribution in [-0.4, -0.2) is 28.8 Å². The van der Waals surface area contributed by atoms with Gasteiger partial charge in [0.1, 0.15) is 6.04 Å². The molecule has 0 aliphatic rings. The van der Waals surface area contributed by atoms with Crippen LogP contribution in [0.15, 0.2) is 42.5 Å². The highest BCUT2D eigenvalue weighted by Gasteiger charge is 2.18. The van der Waals surface area contributed by atoms with Gasteiger partial charge in [0.05, 0.1) is 11.6 Å². The van der Waals surface area contributed by atoms with E-state index in [0.717, 1.165) is 11.1 Å². The molecule has 0 aliphatic heterocycles. The van der Waals surface area contributed by atoms with Crippen LogP contribution in [0.3, 0.4) is 0 Å². The molecule has 128 valence electrons. The van der Waals surface area contributed by atoms with Gasteiger partial charge in [-0.1, -0.05) is 41.9 Å². The Kier molecular flexibility index (Phi) is 6.46. The van der Waals surface area contributed by atoms with Crippen LogP contribution < -0.4 is 10.1 Å². The summed E-state index contributed by atoms with van der Waals surface area (Å²) in [5.74, 6) is -0.744. The van der Waals surface area contributed by atoms with Crippen molar-refractivity contribution in [2.24, 2.45) is 0 Å². The van der Waals surface area contributed by atoms with Crippen LogP contribution in [0.1, 0.15) is 18.1 Å². The van der Waals surface area contributed by atoms with Crippen LogP contribution in [0.4, 0.5) is 0 Å². The molecule has 0 saturated carbocycles. The maximum atomic E-state index is 11.5. The number of benzene rings is 2. The van der Waals surface area contributed by atoms with Crippen molar-refractivity contribution in [2.75, 3.05) is 6.61 Å². The van der Waals surface area contributed by atoms with Crippen LogP contribution in [0.25, 0.3) is 0 Å². The molecule has 2 aromatic rings. The maximum absolute atomic E-state index is 11.5. The van der Waals surface area contributed by atoms with E-state index in [0.29, 0.717) is 19.6 Å². The normalized spacial score (nSPS) is 11.9. The smallest absolute Gasteiger partial charge is 0.321 e. The second-order valence-electron chi connectivity index (χ2n) is 5.32. The van der Waals surface area contributed by atoms with Crippen LogP contribution >= 0.6 is 11.6 Å². The Bertz CT molecular complexity index is 691. The Labute approximate surface area is 145 Å². The van der Waals surface area contributed by atoms with Gasteiger partial charge < -0.3 is 20.3 Å². The number of phenols is 1. The first-order valence-electron chi connectivity index (χ1n) is 7.65. The summed E-state index contributed by atoms with van der Waals surface area (Å²) in [6.07, 6.45) is 0.375. The zero-order valence-electron chi connectivity index (χ0n) is 13.3. The molecule has 24 heavy (non-hydrogen) atoms. The third-order valence-electron chi connectivity index (χ3n) is 3.52. The predicted octanol–water partition coefficient (Wildman–Crippen LogP) is 3.23. The molecule has 0 spiro atoms. The van der Waals surface area contributed by atoms with Gasteiger partial charge in [-0.2, -0.15) is 0 Å². The zero-order valence-corrected chi connectivity index (χ0v) is 14.1. The number of hydrogen-bond acceptors (Lipinski definition) is 4. The van der Waals surface area contributed by atoms with E-state index in [1.165, 1.54) is 0 Å². The molecule has 0 amide bonds. The lowest BCUT2D eigenvalue weighted by Gasteiger charge is -2.16. The molecule has 2 aromatic carbocycles. The van der Waals surface area contributed by atoms with E-state index >= 15 is 0 Å². The highest BCUT2D eigenvalue weighted by atomic mass is 35.5. The van der Waals surface area contributed by atoms with E-state index in [1.54, 1.807) is 19.1 Å². The molecule has 2 rings (SSSR count). The Balaban J connectivity index is 2.08. The lowest BCUT2D eigenvalue weighted by molar-refractivity contribution is -0.139. The van der Waals surface area contributed by atoms with Crippen LogP contribution in [0.5, 0.6) is 11.5 Å². The van der Waals surface area contributed by atoms with E-state index in [4.69, 9.17) is 16.3 Å². The van der Waals surface area contributed by atoms with E-state index in [9.17, 15) is 15.0 Å². The van der Waals surface area contributed by atoms with E-state index in [1.807, 2.05) is 30.3 Å². The summed E-state index contributed by atoms with van der Waals surface area (Å²) >= 11 is 5.99. The number of carboxylic acid groups (broad SMARTS) is 1. The number of halogens is 1. The lowest BCUT2D eigenvalue weighted by atomic mass is 10.1. The first-order valence-corrected chi connectivity index (χ1v) is 8.03. The summed E-state index contributed by atoms with van der Waals surface area (Å²) in [5, 5.41) is 22.4. The first-order chi connectivity index (χ1) is 11.5. The topological polar surface area (TPSA) is 78.8 Å². The maximum Gasteiger partial charge on any atom is 0.321 e. The SMILES string of the molecule is CCOc1cc(CN[C@H](Cc2ccccc2)C(=O)O)cc(Cl)c1O. The summed E-state index contributed by atoms with van der Waals surface area (Å²) < 4.78 is 5.33. The second-order valence-corrected chi connectivity index (χ2v) is 5.73. The highest BCUT2D eigenvalue weighted by Crippen LogP contribution is 2.35. The van der Waals surface area contributed by atoms with Gasteiger partial charge in [-0.05, 0) is 36.6 Å². The van der Waals surface area contributed by atoms with E-state index in [-0.39, 0.29) is 16.5 Å². The van der Waals surface area contributed by atoms with Gasteiger partial charge >= 0.3 is 5.97 Å². The first kappa shape index (κ1) is 18.1. The van der Waals surface area contributed by atoms with Gasteiger partial charge in [0, 0.05) is 6.54 Å². The van der Waals surface area contributed by atoms with Crippen LogP contribution in [0.2, 0.25) is 5.02 Å². The van der Waals surface area contributed by atoms with Gasteiger partial charge in [0.25, 0.3) is 0 Å². The number of aromatic hydroxyl groups is 1. The van der Waals surface area contributed by atoms with Crippen molar-refractivity contribution in [1.82, 2.24) is 5.32 Å². The van der Waals surface area contributed by atoms with Crippen molar-refractivity contribution in [3.8, 4) is 11.5 Å². The molecule has 0 saturated heterocycles. The molecule has 3 N–H and O–H groups in total. The number of phenolic OH excluding ortho intramolecular Hbond substituents is 1. The fraction of sp³-hybridized carbons (Fsp3) is 0.278. The van der Waals surface area contributed by atoms with Crippen molar-refractivity contribution in [3.05, 3.63) is 58.6 Å². The van der Waals surface area contributed by atoms with E-state index < -0.39 is 12.0 Å². The summed E-state index contributed by atoms with van der Waals surface area (Å²) in [6, 6.07) is 11.9. The number of hydrogen-bond donors (Lipinski definition) is 3. The van der Waals surface area contributed by atoms with Crippen LogP contribution in [0, 0.1) is 0 Å². The standard InChI is InChI=1S/C18H20ClNO4/c1-2-24-16-10-13(8-14(19)17(16)21)11-20-15(18(22)23)9-12-6-4-3-5-7-12/h3-8,10,15,20-21H,2,9,11H2,1H3,(H,22,23)/t15-/m1/s1. The number of aliphatic carboxylic acids is 1. The molecule has 0 radical (unpaired) electrons. The number of ether oxygens (including phenoxy) is 1. The minimum atomic E-state index is -0.922. The third-order valence-corrected chi connectivity index (χ3v) is 3.81. The Morgan fingerprint density at radius 3 is 2.58 bits per heavy atom. The number of nitrogens with one attached hydrogen (secondary N) is 1. The third kappa shape index (κ3) is 4.88. The molecule has 6 heteroatoms. The fourth-order valence-corrected chi connectivity index (χ4v) is 2.57. The van der Waals surface area contributed by atoms with Crippen molar-refractivity contribution in [2.45, 2.75) is 25.9 Å². The zero-order chi connectivity index (χ0) is 17.5. The Morgan fingerprint density at radius 1 is 1.25 bits per heavy atom. The number of rotatable bonds is 8. The molecule has 0 bridgehead atoms. The molecule has 0 fully saturated rings. The highest BCUT2D eigenvalue weighted by molar-refractivity contribution is 6.32. The molecule has 0 aromatic heterocycles. The Morgan fingerprint density at radius 2 is 1.96 bits per heavy atom. The summed E-state index contributed by atoms with van der Waals surface area (Å²) in [5.41, 5.74) is 1.68. The number of carbonyl (C=O) groups is 1. The van der Waals surface area contributed by atoms with Crippen LogP contribution in [-0.2, 0) is 17.8 Å². The predicted molar refractivity (Wildman–Crippen MR) is 92.7 cm³/mol. The largest absolute Gasteiger partial charge is 0.503 e. The minimum absolute atomic E-state index is 0.110. The molecule has 0 aliphatic carbocycles. The quantitative estimate of drug-likeness (QED) is 0.682. The average Bonchev–Trinajstić information content (AvgIpc) is 2.56.